The molecule has 2 amide bonds. The average Bonchev–Trinajstić information content (AvgIpc) is 2.87. The number of nitrogens with one attached hydrogen (secondary N) is 1. The fraction of sp³-hybridized carbons (Fsp3) is 0.440. The van der Waals surface area contributed by atoms with Gasteiger partial charge in [0, 0.05) is 32.7 Å². The van der Waals surface area contributed by atoms with Gasteiger partial charge in [0.1, 0.15) is 0 Å². The molecule has 2 aliphatic rings. The number of nitrogens with zero attached hydrogens (tertiary/aromatic N) is 2. The van der Waals surface area contributed by atoms with Crippen LogP contribution in [0, 0.1) is 5.92 Å². The molecule has 0 bridgehead atoms. The third-order valence-corrected chi connectivity index (χ3v) is 8.06. The van der Waals surface area contributed by atoms with Gasteiger partial charge in [-0.1, -0.05) is 18.2 Å². The van der Waals surface area contributed by atoms with Crippen molar-refractivity contribution >= 4 is 33.4 Å². The van der Waals surface area contributed by atoms with Crippen LogP contribution in [0.2, 0.25) is 0 Å². The van der Waals surface area contributed by atoms with Crippen molar-refractivity contribution in [2.45, 2.75) is 37.1 Å². The Morgan fingerprint density at radius 2 is 1.81 bits per heavy atom. The maximum atomic E-state index is 13.3. The molecule has 2 heterocycles. The molecule has 36 heavy (non-hydrogen) atoms. The topological polar surface area (TPSA) is 136 Å². The molecule has 11 heteroatoms. The van der Waals surface area contributed by atoms with Gasteiger partial charge in [-0.15, -0.1) is 0 Å². The highest BCUT2D eigenvalue weighted by Gasteiger charge is 2.36. The number of carbonyl (C=O) groups is 2. The Bertz CT molecular complexity index is 1230. The van der Waals surface area contributed by atoms with Crippen LogP contribution in [0.1, 0.15) is 26.2 Å². The molecule has 0 spiro atoms. The van der Waals surface area contributed by atoms with E-state index in [1.807, 2.05) is 6.92 Å². The first kappa shape index (κ1) is 26.1. The summed E-state index contributed by atoms with van der Waals surface area (Å²) < 4.78 is 32.7. The molecule has 1 fully saturated rings. The lowest BCUT2D eigenvalue weighted by Crippen LogP contribution is -2.52. The summed E-state index contributed by atoms with van der Waals surface area (Å²) in [6.07, 6.45) is 0.908. The van der Waals surface area contributed by atoms with E-state index in [1.54, 1.807) is 35.2 Å². The van der Waals surface area contributed by atoms with Gasteiger partial charge < -0.3 is 19.8 Å². The molecule has 194 valence electrons. The number of rotatable bonds is 7. The maximum Gasteiger partial charge on any atom is 0.411 e. The number of carboxylic acid groups (broad SMARTS) is 1. The van der Waals surface area contributed by atoms with E-state index in [2.05, 4.69) is 4.72 Å². The van der Waals surface area contributed by atoms with Gasteiger partial charge in [-0.3, -0.25) is 9.69 Å². The quantitative estimate of drug-likeness (QED) is 0.514. The number of benzene rings is 2. The normalized spacial score (nSPS) is 18.7. The van der Waals surface area contributed by atoms with Crippen molar-refractivity contribution in [3.8, 4) is 11.1 Å². The minimum absolute atomic E-state index is 0.0307. The van der Waals surface area contributed by atoms with Crippen molar-refractivity contribution in [2.75, 3.05) is 42.7 Å². The van der Waals surface area contributed by atoms with Crippen molar-refractivity contribution in [2.24, 2.45) is 5.92 Å². The lowest BCUT2D eigenvalue weighted by atomic mass is 9.94. The molecular weight excluding hydrogens is 486 g/mol. The zero-order valence-corrected chi connectivity index (χ0v) is 20.9. The van der Waals surface area contributed by atoms with E-state index in [9.17, 15) is 23.1 Å². The van der Waals surface area contributed by atoms with E-state index in [0.29, 0.717) is 42.1 Å². The fourth-order valence-corrected chi connectivity index (χ4v) is 5.83. The molecule has 10 nitrogen and oxygen atoms in total. The number of aliphatic hydroxyl groups excluding tert-OH is 1. The van der Waals surface area contributed by atoms with Gasteiger partial charge in [-0.2, -0.15) is 0 Å². The predicted molar refractivity (Wildman–Crippen MR) is 135 cm³/mol. The van der Waals surface area contributed by atoms with Crippen molar-refractivity contribution in [3.05, 3.63) is 42.5 Å². The SMILES string of the molecule is C[C@H]1CN(C(=O)O)c2cc(-c3cccc(S(=O)(=O)NCCO)c3)ccc2N1C(=O)CC1CCOCC1. The summed E-state index contributed by atoms with van der Waals surface area (Å²) in [6, 6.07) is 11.1. The monoisotopic (exact) mass is 517 g/mol. The van der Waals surface area contributed by atoms with Gasteiger partial charge in [0.25, 0.3) is 0 Å². The Balaban J connectivity index is 1.69. The summed E-state index contributed by atoms with van der Waals surface area (Å²) in [5, 5.41) is 18.8. The molecule has 1 saturated heterocycles. The molecule has 0 radical (unpaired) electrons. The molecule has 2 aromatic carbocycles. The van der Waals surface area contributed by atoms with Crippen LogP contribution in [-0.2, 0) is 19.6 Å². The van der Waals surface area contributed by atoms with E-state index in [1.165, 1.54) is 17.0 Å². The molecule has 0 saturated carbocycles. The fourth-order valence-electron chi connectivity index (χ4n) is 4.77. The van der Waals surface area contributed by atoms with Gasteiger partial charge in [0.2, 0.25) is 15.9 Å². The lowest BCUT2D eigenvalue weighted by Gasteiger charge is -2.41. The van der Waals surface area contributed by atoms with Gasteiger partial charge in [-0.25, -0.2) is 17.9 Å². The summed E-state index contributed by atoms with van der Waals surface area (Å²) in [5.74, 6) is 0.194. The van der Waals surface area contributed by atoms with Crippen molar-refractivity contribution in [1.82, 2.24) is 4.72 Å². The van der Waals surface area contributed by atoms with Crippen LogP contribution in [0.25, 0.3) is 11.1 Å². The van der Waals surface area contributed by atoms with E-state index in [0.717, 1.165) is 12.8 Å². The smallest absolute Gasteiger partial charge is 0.411 e. The Labute approximate surface area is 210 Å². The molecule has 4 rings (SSSR count). The van der Waals surface area contributed by atoms with Crippen LogP contribution in [-0.4, -0.2) is 69.6 Å². The Morgan fingerprint density at radius 1 is 1.08 bits per heavy atom. The third-order valence-electron chi connectivity index (χ3n) is 6.60. The first-order chi connectivity index (χ1) is 17.2. The van der Waals surface area contributed by atoms with E-state index < -0.39 is 16.1 Å². The van der Waals surface area contributed by atoms with Gasteiger partial charge in [0.05, 0.1) is 28.9 Å². The minimum Gasteiger partial charge on any atom is -0.465 e. The summed E-state index contributed by atoms with van der Waals surface area (Å²) in [6.45, 7) is 2.83. The number of carbonyl (C=O) groups excluding carboxylic acids is 1. The summed E-state index contributed by atoms with van der Waals surface area (Å²) >= 11 is 0. The number of aliphatic hydroxyl groups is 1. The Hall–Kier alpha value is -2.99. The number of amides is 2. The van der Waals surface area contributed by atoms with Crippen LogP contribution < -0.4 is 14.5 Å². The van der Waals surface area contributed by atoms with Gasteiger partial charge >= 0.3 is 6.09 Å². The van der Waals surface area contributed by atoms with E-state index in [4.69, 9.17) is 9.84 Å². The minimum atomic E-state index is -3.81. The van der Waals surface area contributed by atoms with Crippen LogP contribution >= 0.6 is 0 Å². The van der Waals surface area contributed by atoms with Crippen molar-refractivity contribution in [1.29, 1.82) is 0 Å². The second-order valence-corrected chi connectivity index (χ2v) is 10.9. The van der Waals surface area contributed by atoms with E-state index >= 15 is 0 Å². The van der Waals surface area contributed by atoms with Crippen LogP contribution in [0.15, 0.2) is 47.4 Å². The number of hydrogen-bond donors (Lipinski definition) is 3. The second kappa shape index (κ2) is 11.0. The predicted octanol–water partition coefficient (Wildman–Crippen LogP) is 2.66. The standard InChI is InChI=1S/C25H31N3O7S/c1-17-16-27(25(31)32)23-15-20(19-3-2-4-21(14-19)36(33,34)26-9-10-29)5-6-22(23)28(17)24(30)13-18-7-11-35-12-8-18/h2-6,14-15,17-18,26,29H,7-13,16H2,1H3,(H,31,32)/t17-/m0/s1. The molecule has 0 aromatic heterocycles. The molecule has 1 atom stereocenters. The number of anilines is 2. The first-order valence-electron chi connectivity index (χ1n) is 12.0. The third kappa shape index (κ3) is 5.54. The number of hydrogen-bond acceptors (Lipinski definition) is 6. The summed E-state index contributed by atoms with van der Waals surface area (Å²) in [5.41, 5.74) is 2.09. The highest BCUT2D eigenvalue weighted by molar-refractivity contribution is 7.89. The Morgan fingerprint density at radius 3 is 2.50 bits per heavy atom. The molecule has 3 N–H and O–H groups in total. The van der Waals surface area contributed by atoms with Crippen LogP contribution in [0.5, 0.6) is 0 Å². The Kier molecular flexibility index (Phi) is 7.94. The summed E-state index contributed by atoms with van der Waals surface area (Å²) in [4.78, 5) is 28.4. The zero-order chi connectivity index (χ0) is 25.9. The number of fused-ring (bicyclic) bond motifs is 1. The lowest BCUT2D eigenvalue weighted by molar-refractivity contribution is -0.120. The van der Waals surface area contributed by atoms with Crippen LogP contribution in [0.4, 0.5) is 16.2 Å². The molecule has 0 unspecified atom stereocenters. The van der Waals surface area contributed by atoms with Crippen LogP contribution in [0.3, 0.4) is 0 Å². The zero-order valence-electron chi connectivity index (χ0n) is 20.1. The maximum absolute atomic E-state index is 13.3. The number of sulfonamides is 1. The molecule has 2 aliphatic heterocycles. The highest BCUT2D eigenvalue weighted by atomic mass is 32.2. The highest BCUT2D eigenvalue weighted by Crippen LogP contribution is 2.40. The van der Waals surface area contributed by atoms with Crippen molar-refractivity contribution < 1.29 is 33.0 Å². The van der Waals surface area contributed by atoms with Gasteiger partial charge in [-0.05, 0) is 61.1 Å². The van der Waals surface area contributed by atoms with Gasteiger partial charge in [0.15, 0.2) is 0 Å². The second-order valence-electron chi connectivity index (χ2n) is 9.12. The molecule has 2 aromatic rings. The first-order valence-corrected chi connectivity index (χ1v) is 13.4. The summed E-state index contributed by atoms with van der Waals surface area (Å²) in [7, 11) is -3.81. The number of ether oxygens (including phenoxy) is 1. The van der Waals surface area contributed by atoms with E-state index in [-0.39, 0.29) is 42.5 Å². The van der Waals surface area contributed by atoms with Crippen molar-refractivity contribution in [3.63, 3.8) is 0 Å². The average molecular weight is 518 g/mol. The molecule has 0 aliphatic carbocycles. The largest absolute Gasteiger partial charge is 0.465 e. The molecular formula is C25H31N3O7S.